The van der Waals surface area contributed by atoms with E-state index in [0.29, 0.717) is 18.7 Å². The predicted octanol–water partition coefficient (Wildman–Crippen LogP) is 5.80. The van der Waals surface area contributed by atoms with Crippen LogP contribution in [0.1, 0.15) is 68.1 Å². The lowest BCUT2D eigenvalue weighted by atomic mass is 9.90. The van der Waals surface area contributed by atoms with Crippen LogP contribution in [-0.2, 0) is 11.2 Å². The van der Waals surface area contributed by atoms with Crippen molar-refractivity contribution < 1.29 is 14.3 Å². The molecule has 2 amide bonds. The molecule has 2 heterocycles. The molecular formula is C28H34N4O3. The first-order valence-electron chi connectivity index (χ1n) is 12.3. The second-order valence-corrected chi connectivity index (χ2v) is 9.90. The van der Waals surface area contributed by atoms with E-state index in [2.05, 4.69) is 17.3 Å². The molecule has 1 aromatic heterocycles. The molecule has 1 aliphatic heterocycles. The normalized spacial score (nSPS) is 14.6. The van der Waals surface area contributed by atoms with Gasteiger partial charge in [-0.2, -0.15) is 5.10 Å². The van der Waals surface area contributed by atoms with Crippen LogP contribution in [0.3, 0.4) is 0 Å². The number of amides is 2. The molecule has 35 heavy (non-hydrogen) atoms. The van der Waals surface area contributed by atoms with Gasteiger partial charge in [-0.15, -0.1) is 0 Å². The number of aryl methyl sites for hydroxylation is 1. The number of anilines is 1. The Morgan fingerprint density at radius 3 is 2.34 bits per heavy atom. The van der Waals surface area contributed by atoms with Crippen LogP contribution < -0.4 is 5.32 Å². The molecule has 0 atom stereocenters. The molecule has 0 aliphatic carbocycles. The zero-order valence-corrected chi connectivity index (χ0v) is 21.0. The third kappa shape index (κ3) is 5.73. The summed E-state index contributed by atoms with van der Waals surface area (Å²) in [4.78, 5) is 27.8. The average molecular weight is 475 g/mol. The van der Waals surface area contributed by atoms with E-state index in [9.17, 15) is 9.59 Å². The third-order valence-corrected chi connectivity index (χ3v) is 6.23. The van der Waals surface area contributed by atoms with Crippen LogP contribution in [-0.4, -0.2) is 45.4 Å². The number of likely N-dealkylation sites (tertiary alicyclic amines) is 1. The summed E-state index contributed by atoms with van der Waals surface area (Å²) < 4.78 is 7.42. The Bertz CT molecular complexity index is 1170. The van der Waals surface area contributed by atoms with Gasteiger partial charge < -0.3 is 15.0 Å². The zero-order valence-electron chi connectivity index (χ0n) is 21.0. The molecule has 3 aromatic rings. The minimum absolute atomic E-state index is 0.0820. The van der Waals surface area contributed by atoms with Crippen molar-refractivity contribution in [3.8, 4) is 5.69 Å². The number of aromatic nitrogens is 2. The van der Waals surface area contributed by atoms with Crippen LogP contribution in [0.15, 0.2) is 60.8 Å². The maximum atomic E-state index is 13.5. The van der Waals surface area contributed by atoms with E-state index in [-0.39, 0.29) is 17.9 Å². The first-order chi connectivity index (χ1) is 16.8. The summed E-state index contributed by atoms with van der Waals surface area (Å²) in [6.45, 7) is 8.83. The summed E-state index contributed by atoms with van der Waals surface area (Å²) in [6.07, 6.45) is 3.65. The Labute approximate surface area is 207 Å². The Morgan fingerprint density at radius 1 is 1.03 bits per heavy atom. The van der Waals surface area contributed by atoms with E-state index < -0.39 is 5.60 Å². The molecule has 0 spiro atoms. The van der Waals surface area contributed by atoms with Gasteiger partial charge in [0.15, 0.2) is 0 Å². The Morgan fingerprint density at radius 2 is 1.69 bits per heavy atom. The highest BCUT2D eigenvalue weighted by Crippen LogP contribution is 2.33. The van der Waals surface area contributed by atoms with Crippen LogP contribution >= 0.6 is 0 Å². The molecular weight excluding hydrogens is 440 g/mol. The molecule has 184 valence electrons. The molecule has 7 heteroatoms. The van der Waals surface area contributed by atoms with Crippen molar-refractivity contribution >= 4 is 17.7 Å². The van der Waals surface area contributed by atoms with Crippen LogP contribution in [0.2, 0.25) is 0 Å². The van der Waals surface area contributed by atoms with E-state index in [4.69, 9.17) is 4.74 Å². The fraction of sp³-hybridized carbons (Fsp3) is 0.393. The number of rotatable bonds is 5. The topological polar surface area (TPSA) is 76.5 Å². The van der Waals surface area contributed by atoms with Gasteiger partial charge in [0.1, 0.15) is 5.60 Å². The standard InChI is InChI=1S/C28H34N4O3/c1-5-20-11-9-10-14-24(20)30-26(33)23-19-29-32(22-12-7-6-8-13-22)25(23)21-15-17-31(18-16-21)27(34)35-28(2,3)4/h6-14,19,21H,5,15-18H2,1-4H3,(H,30,33). The van der Waals surface area contributed by atoms with Crippen molar-refractivity contribution in [1.82, 2.24) is 14.7 Å². The number of nitrogens with one attached hydrogen (secondary N) is 1. The number of piperidine rings is 1. The number of ether oxygens (including phenoxy) is 1. The molecule has 0 radical (unpaired) electrons. The number of benzene rings is 2. The Kier molecular flexibility index (Phi) is 7.24. The fourth-order valence-electron chi connectivity index (χ4n) is 4.50. The van der Waals surface area contributed by atoms with Crippen LogP contribution in [0.5, 0.6) is 0 Å². The largest absolute Gasteiger partial charge is 0.444 e. The number of carbonyl (C=O) groups excluding carboxylic acids is 2. The van der Waals surface area contributed by atoms with Gasteiger partial charge in [0.05, 0.1) is 23.1 Å². The van der Waals surface area contributed by atoms with E-state index in [1.54, 1.807) is 11.1 Å². The van der Waals surface area contributed by atoms with Gasteiger partial charge in [0.2, 0.25) is 0 Å². The molecule has 7 nitrogen and oxygen atoms in total. The van der Waals surface area contributed by atoms with Crippen molar-refractivity contribution in [2.75, 3.05) is 18.4 Å². The molecule has 1 saturated heterocycles. The van der Waals surface area contributed by atoms with Gasteiger partial charge in [-0.05, 0) is 63.8 Å². The molecule has 1 fully saturated rings. The number of nitrogens with zero attached hydrogens (tertiary/aromatic N) is 3. The summed E-state index contributed by atoms with van der Waals surface area (Å²) in [5.41, 5.74) is 3.73. The quantitative estimate of drug-likeness (QED) is 0.507. The van der Waals surface area contributed by atoms with Crippen molar-refractivity contribution in [2.24, 2.45) is 0 Å². The fourth-order valence-corrected chi connectivity index (χ4v) is 4.50. The van der Waals surface area contributed by atoms with E-state index >= 15 is 0 Å². The predicted molar refractivity (Wildman–Crippen MR) is 137 cm³/mol. The molecule has 1 aliphatic rings. The van der Waals surface area contributed by atoms with Crippen molar-refractivity contribution in [1.29, 1.82) is 0 Å². The SMILES string of the molecule is CCc1ccccc1NC(=O)c1cnn(-c2ccccc2)c1C1CCN(C(=O)OC(C)(C)C)CC1. The highest BCUT2D eigenvalue weighted by molar-refractivity contribution is 6.05. The van der Waals surface area contributed by atoms with Crippen molar-refractivity contribution in [3.63, 3.8) is 0 Å². The number of carbonyl (C=O) groups is 2. The zero-order chi connectivity index (χ0) is 25.0. The average Bonchev–Trinajstić information content (AvgIpc) is 3.29. The van der Waals surface area contributed by atoms with E-state index in [1.165, 1.54) is 0 Å². The molecule has 0 unspecified atom stereocenters. The lowest BCUT2D eigenvalue weighted by Crippen LogP contribution is -2.41. The smallest absolute Gasteiger partial charge is 0.410 e. The minimum atomic E-state index is -0.528. The summed E-state index contributed by atoms with van der Waals surface area (Å²) >= 11 is 0. The van der Waals surface area contributed by atoms with Gasteiger partial charge in [-0.1, -0.05) is 43.3 Å². The van der Waals surface area contributed by atoms with Crippen molar-refractivity contribution in [2.45, 2.75) is 58.5 Å². The van der Waals surface area contributed by atoms with Crippen LogP contribution in [0.25, 0.3) is 5.69 Å². The second-order valence-electron chi connectivity index (χ2n) is 9.90. The molecule has 0 bridgehead atoms. The minimum Gasteiger partial charge on any atom is -0.444 e. The highest BCUT2D eigenvalue weighted by atomic mass is 16.6. The first-order valence-corrected chi connectivity index (χ1v) is 12.3. The van der Waals surface area contributed by atoms with Crippen molar-refractivity contribution in [3.05, 3.63) is 77.6 Å². The maximum absolute atomic E-state index is 13.5. The van der Waals surface area contributed by atoms with Gasteiger partial charge in [0.25, 0.3) is 5.91 Å². The van der Waals surface area contributed by atoms with Gasteiger partial charge in [0, 0.05) is 24.7 Å². The molecule has 1 N–H and O–H groups in total. The van der Waals surface area contributed by atoms with Crippen LogP contribution in [0.4, 0.5) is 10.5 Å². The third-order valence-electron chi connectivity index (χ3n) is 6.23. The lowest BCUT2D eigenvalue weighted by Gasteiger charge is -2.34. The summed E-state index contributed by atoms with van der Waals surface area (Å²) in [7, 11) is 0. The number of hydrogen-bond donors (Lipinski definition) is 1. The highest BCUT2D eigenvalue weighted by Gasteiger charge is 2.32. The Balaban J connectivity index is 1.61. The second kappa shape index (κ2) is 10.3. The van der Waals surface area contributed by atoms with E-state index in [1.807, 2.05) is 80.1 Å². The number of hydrogen-bond acceptors (Lipinski definition) is 4. The number of para-hydroxylation sites is 2. The van der Waals surface area contributed by atoms with Gasteiger partial charge in [-0.25, -0.2) is 9.48 Å². The molecule has 2 aromatic carbocycles. The monoisotopic (exact) mass is 474 g/mol. The van der Waals surface area contributed by atoms with Crippen LogP contribution in [0, 0.1) is 0 Å². The molecule has 0 saturated carbocycles. The summed E-state index contributed by atoms with van der Waals surface area (Å²) in [5, 5.41) is 7.72. The lowest BCUT2D eigenvalue weighted by molar-refractivity contribution is 0.0203. The Hall–Kier alpha value is -3.61. The van der Waals surface area contributed by atoms with E-state index in [0.717, 1.165) is 41.9 Å². The first kappa shape index (κ1) is 24.5. The maximum Gasteiger partial charge on any atom is 0.410 e. The summed E-state index contributed by atoms with van der Waals surface area (Å²) in [5.74, 6) is -0.0868. The van der Waals surface area contributed by atoms with Gasteiger partial charge >= 0.3 is 6.09 Å². The summed E-state index contributed by atoms with van der Waals surface area (Å²) in [6, 6.07) is 17.7. The van der Waals surface area contributed by atoms with Gasteiger partial charge in [-0.3, -0.25) is 4.79 Å². The molecule has 4 rings (SSSR count).